The quantitative estimate of drug-likeness (QED) is 0.478. The lowest BCUT2D eigenvalue weighted by molar-refractivity contribution is -0.116. The maximum absolute atomic E-state index is 12.6. The summed E-state index contributed by atoms with van der Waals surface area (Å²) in [7, 11) is -3.94. The van der Waals surface area contributed by atoms with Gasteiger partial charge in [0.1, 0.15) is 10.6 Å². The van der Waals surface area contributed by atoms with Gasteiger partial charge in [-0.1, -0.05) is 51.8 Å². The number of hydrogen-bond acceptors (Lipinski definition) is 4. The van der Waals surface area contributed by atoms with Crippen LogP contribution in [0.25, 0.3) is 0 Å². The highest BCUT2D eigenvalue weighted by atomic mass is 32.2. The topological polar surface area (TPSA) is 72.5 Å². The molecule has 0 spiro atoms. The molecule has 0 aliphatic carbocycles. The summed E-state index contributed by atoms with van der Waals surface area (Å²) in [6, 6.07) is 13.1. The number of unbranched alkanes of at least 4 members (excludes halogenated alkanes) is 2. The number of para-hydroxylation sites is 1. The lowest BCUT2D eigenvalue weighted by Gasteiger charge is -2.14. The van der Waals surface area contributed by atoms with Crippen LogP contribution in [0.1, 0.15) is 57.9 Å². The number of benzene rings is 2. The van der Waals surface area contributed by atoms with E-state index in [0.29, 0.717) is 17.9 Å². The molecule has 0 aliphatic rings. The molecule has 0 aromatic heterocycles. The first kappa shape index (κ1) is 21.0. The molecular weight excluding hydrogens is 362 g/mol. The number of anilines is 1. The molecule has 2 rings (SSSR count). The van der Waals surface area contributed by atoms with E-state index in [2.05, 4.69) is 12.2 Å². The molecule has 0 aliphatic heterocycles. The molecule has 0 radical (unpaired) electrons. The highest BCUT2D eigenvalue weighted by Crippen LogP contribution is 2.29. The number of nitrogens with one attached hydrogen (secondary N) is 1. The Morgan fingerprint density at radius 1 is 1.04 bits per heavy atom. The van der Waals surface area contributed by atoms with Crippen LogP contribution in [0, 0.1) is 0 Å². The smallest absolute Gasteiger partial charge is 0.339 e. The van der Waals surface area contributed by atoms with E-state index < -0.39 is 10.1 Å². The zero-order valence-electron chi connectivity index (χ0n) is 16.1. The maximum atomic E-state index is 12.6. The summed E-state index contributed by atoms with van der Waals surface area (Å²) in [6.45, 7) is 6.04. The van der Waals surface area contributed by atoms with Gasteiger partial charge in [-0.25, -0.2) is 0 Å². The number of carbonyl (C=O) groups excluding carboxylic acids is 1. The van der Waals surface area contributed by atoms with E-state index >= 15 is 0 Å². The minimum absolute atomic E-state index is 0.0463. The van der Waals surface area contributed by atoms with Crippen molar-refractivity contribution in [1.82, 2.24) is 0 Å². The third-order valence-corrected chi connectivity index (χ3v) is 5.42. The van der Waals surface area contributed by atoms with Gasteiger partial charge >= 0.3 is 10.1 Å². The van der Waals surface area contributed by atoms with Crippen molar-refractivity contribution in [2.75, 3.05) is 5.32 Å². The van der Waals surface area contributed by atoms with Crippen LogP contribution in [0.4, 0.5) is 5.69 Å². The van der Waals surface area contributed by atoms with Gasteiger partial charge in [-0.2, -0.15) is 8.42 Å². The largest absolute Gasteiger partial charge is 0.379 e. The van der Waals surface area contributed by atoms with Crippen LogP contribution >= 0.6 is 0 Å². The fourth-order valence-corrected chi connectivity index (χ4v) is 3.62. The molecular formula is C21H27NO4S. The average Bonchev–Trinajstić information content (AvgIpc) is 2.62. The van der Waals surface area contributed by atoms with Crippen LogP contribution in [-0.4, -0.2) is 14.3 Å². The summed E-state index contributed by atoms with van der Waals surface area (Å²) in [4.78, 5) is 11.9. The summed E-state index contributed by atoms with van der Waals surface area (Å²) in [6.07, 6.45) is 3.38. The monoisotopic (exact) mass is 389 g/mol. The number of amides is 1. The predicted molar refractivity (Wildman–Crippen MR) is 108 cm³/mol. The van der Waals surface area contributed by atoms with Gasteiger partial charge in [0.15, 0.2) is 0 Å². The predicted octanol–water partition coefficient (Wildman–Crippen LogP) is 5.10. The third-order valence-electron chi connectivity index (χ3n) is 4.17. The highest BCUT2D eigenvalue weighted by molar-refractivity contribution is 7.87. The SMILES string of the molecule is CCCCCC(=O)Nc1ccc(S(=O)(=O)Oc2ccccc2C(C)C)cc1. The van der Waals surface area contributed by atoms with Crippen molar-refractivity contribution in [3.05, 3.63) is 54.1 Å². The van der Waals surface area contributed by atoms with E-state index in [1.807, 2.05) is 26.0 Å². The lowest BCUT2D eigenvalue weighted by Crippen LogP contribution is -2.13. The van der Waals surface area contributed by atoms with E-state index in [-0.39, 0.29) is 16.7 Å². The summed E-state index contributed by atoms with van der Waals surface area (Å²) in [5, 5.41) is 2.78. The Bertz CT molecular complexity index is 858. The Morgan fingerprint density at radius 3 is 2.33 bits per heavy atom. The van der Waals surface area contributed by atoms with Crippen LogP contribution in [0.15, 0.2) is 53.4 Å². The van der Waals surface area contributed by atoms with Crippen molar-refractivity contribution in [1.29, 1.82) is 0 Å². The fourth-order valence-electron chi connectivity index (χ4n) is 2.66. The summed E-state index contributed by atoms with van der Waals surface area (Å²) in [5.74, 6) is 0.406. The van der Waals surface area contributed by atoms with Gasteiger partial charge in [-0.3, -0.25) is 4.79 Å². The van der Waals surface area contributed by atoms with E-state index in [1.165, 1.54) is 12.1 Å². The Kier molecular flexibility index (Phi) is 7.42. The molecule has 5 nitrogen and oxygen atoms in total. The van der Waals surface area contributed by atoms with Gasteiger partial charge in [0.25, 0.3) is 0 Å². The first-order valence-corrected chi connectivity index (χ1v) is 10.7. The van der Waals surface area contributed by atoms with Crippen LogP contribution in [0.3, 0.4) is 0 Å². The van der Waals surface area contributed by atoms with Crippen LogP contribution in [0.2, 0.25) is 0 Å². The van der Waals surface area contributed by atoms with Crippen molar-refractivity contribution >= 4 is 21.7 Å². The molecule has 1 amide bonds. The molecule has 0 saturated heterocycles. The Hall–Kier alpha value is -2.34. The Balaban J connectivity index is 2.08. The van der Waals surface area contributed by atoms with Crippen molar-refractivity contribution in [2.24, 2.45) is 0 Å². The molecule has 0 saturated carbocycles. The Morgan fingerprint density at radius 2 is 1.70 bits per heavy atom. The summed E-state index contributed by atoms with van der Waals surface area (Å²) >= 11 is 0. The molecule has 0 heterocycles. The second-order valence-electron chi connectivity index (χ2n) is 6.76. The number of hydrogen-bond donors (Lipinski definition) is 1. The zero-order valence-corrected chi connectivity index (χ0v) is 16.9. The molecule has 1 N–H and O–H groups in total. The van der Waals surface area contributed by atoms with Crippen molar-refractivity contribution in [2.45, 2.75) is 57.3 Å². The number of rotatable bonds is 9. The molecule has 146 valence electrons. The molecule has 2 aromatic rings. The average molecular weight is 390 g/mol. The van der Waals surface area contributed by atoms with Crippen molar-refractivity contribution in [3.8, 4) is 5.75 Å². The van der Waals surface area contributed by atoms with E-state index in [1.54, 1.807) is 24.3 Å². The van der Waals surface area contributed by atoms with Gasteiger partial charge in [0.2, 0.25) is 5.91 Å². The van der Waals surface area contributed by atoms with Crippen molar-refractivity contribution < 1.29 is 17.4 Å². The van der Waals surface area contributed by atoms with E-state index in [0.717, 1.165) is 24.8 Å². The minimum Gasteiger partial charge on any atom is -0.379 e. The van der Waals surface area contributed by atoms with Gasteiger partial charge in [-0.15, -0.1) is 0 Å². The minimum atomic E-state index is -3.94. The molecule has 0 bridgehead atoms. The van der Waals surface area contributed by atoms with Gasteiger partial charge in [0.05, 0.1) is 0 Å². The third kappa shape index (κ3) is 6.10. The first-order chi connectivity index (χ1) is 12.8. The first-order valence-electron chi connectivity index (χ1n) is 9.27. The van der Waals surface area contributed by atoms with Gasteiger partial charge in [0, 0.05) is 12.1 Å². The molecule has 27 heavy (non-hydrogen) atoms. The summed E-state index contributed by atoms with van der Waals surface area (Å²) in [5.41, 5.74) is 1.40. The summed E-state index contributed by atoms with van der Waals surface area (Å²) < 4.78 is 30.5. The van der Waals surface area contributed by atoms with Crippen LogP contribution in [0.5, 0.6) is 5.75 Å². The zero-order chi connectivity index (χ0) is 19.9. The van der Waals surface area contributed by atoms with Gasteiger partial charge < -0.3 is 9.50 Å². The maximum Gasteiger partial charge on any atom is 0.339 e. The normalized spacial score (nSPS) is 11.4. The standard InChI is InChI=1S/C21H27NO4S/c1-4-5-6-11-21(23)22-17-12-14-18(15-13-17)27(24,25)26-20-10-8-7-9-19(20)16(2)3/h7-10,12-16H,4-6,11H2,1-3H3,(H,22,23). The Labute approximate surface area is 161 Å². The van der Waals surface area contributed by atoms with Crippen LogP contribution < -0.4 is 9.50 Å². The molecule has 6 heteroatoms. The second kappa shape index (κ2) is 9.55. The van der Waals surface area contributed by atoms with Gasteiger partial charge in [-0.05, 0) is 48.2 Å². The second-order valence-corrected chi connectivity index (χ2v) is 8.31. The van der Waals surface area contributed by atoms with E-state index in [9.17, 15) is 13.2 Å². The fraction of sp³-hybridized carbons (Fsp3) is 0.381. The van der Waals surface area contributed by atoms with Crippen LogP contribution in [-0.2, 0) is 14.9 Å². The van der Waals surface area contributed by atoms with Crippen molar-refractivity contribution in [3.63, 3.8) is 0 Å². The molecule has 0 unspecified atom stereocenters. The van der Waals surface area contributed by atoms with E-state index in [4.69, 9.17) is 4.18 Å². The lowest BCUT2D eigenvalue weighted by atomic mass is 10.0. The molecule has 2 aromatic carbocycles. The molecule has 0 fully saturated rings. The molecule has 0 atom stereocenters. The number of carbonyl (C=O) groups is 1. The highest BCUT2D eigenvalue weighted by Gasteiger charge is 2.19.